The summed E-state index contributed by atoms with van der Waals surface area (Å²) in [6.07, 6.45) is 2.61. The van der Waals surface area contributed by atoms with Gasteiger partial charge in [-0.2, -0.15) is 0 Å². The molecule has 0 aliphatic carbocycles. The highest BCUT2D eigenvalue weighted by Crippen LogP contribution is 2.15. The fraction of sp³-hybridized carbons (Fsp3) is 0.538. The number of nitrogens with one attached hydrogen (secondary N) is 1. The summed E-state index contributed by atoms with van der Waals surface area (Å²) in [5, 5.41) is 3.38. The second-order valence-electron chi connectivity index (χ2n) is 4.32. The summed E-state index contributed by atoms with van der Waals surface area (Å²) >= 11 is 0. The second kappa shape index (κ2) is 5.41. The van der Waals surface area contributed by atoms with Crippen molar-refractivity contribution in [2.45, 2.75) is 31.9 Å². The summed E-state index contributed by atoms with van der Waals surface area (Å²) in [6, 6.07) is 6.90. The minimum absolute atomic E-state index is 0.167. The van der Waals surface area contributed by atoms with Crippen molar-refractivity contribution in [1.29, 1.82) is 0 Å². The van der Waals surface area contributed by atoms with Crippen molar-refractivity contribution in [3.8, 4) is 0 Å². The van der Waals surface area contributed by atoms with Crippen molar-refractivity contribution in [3.63, 3.8) is 0 Å². The molecule has 1 aromatic rings. The molecule has 1 aliphatic rings. The Kier molecular flexibility index (Phi) is 3.91. The third kappa shape index (κ3) is 3.03. The molecule has 0 spiro atoms. The zero-order chi connectivity index (χ0) is 11.4. The number of hydrogen-bond acceptors (Lipinski definition) is 2. The highest BCUT2D eigenvalue weighted by Gasteiger charge is 2.16. The first kappa shape index (κ1) is 11.6. The lowest BCUT2D eigenvalue weighted by Crippen LogP contribution is -2.28. The summed E-state index contributed by atoms with van der Waals surface area (Å²) < 4.78 is 18.5. The van der Waals surface area contributed by atoms with Crippen molar-refractivity contribution >= 4 is 0 Å². The topological polar surface area (TPSA) is 21.3 Å². The predicted molar refractivity (Wildman–Crippen MR) is 61.8 cm³/mol. The van der Waals surface area contributed by atoms with Gasteiger partial charge in [0.05, 0.1) is 6.10 Å². The molecular weight excluding hydrogens is 205 g/mol. The molecule has 1 heterocycles. The van der Waals surface area contributed by atoms with Gasteiger partial charge in [-0.05, 0) is 37.5 Å². The minimum Gasteiger partial charge on any atom is -0.377 e. The lowest BCUT2D eigenvalue weighted by Gasteiger charge is -2.17. The van der Waals surface area contributed by atoms with Crippen LogP contribution in [-0.4, -0.2) is 19.3 Å². The summed E-state index contributed by atoms with van der Waals surface area (Å²) in [7, 11) is 0. The average Bonchev–Trinajstić information content (AvgIpc) is 2.78. The molecule has 16 heavy (non-hydrogen) atoms. The molecule has 0 aromatic heterocycles. The smallest absolute Gasteiger partial charge is 0.123 e. The molecule has 2 atom stereocenters. The Bertz CT molecular complexity index is 336. The van der Waals surface area contributed by atoms with Crippen molar-refractivity contribution in [3.05, 3.63) is 35.6 Å². The molecule has 3 heteroatoms. The van der Waals surface area contributed by atoms with E-state index >= 15 is 0 Å². The molecule has 1 aliphatic heterocycles. The monoisotopic (exact) mass is 223 g/mol. The van der Waals surface area contributed by atoms with E-state index in [1.807, 2.05) is 13.0 Å². The summed E-state index contributed by atoms with van der Waals surface area (Å²) in [5.41, 5.74) is 0.984. The van der Waals surface area contributed by atoms with Gasteiger partial charge < -0.3 is 10.1 Å². The molecule has 2 rings (SSSR count). The fourth-order valence-electron chi connectivity index (χ4n) is 2.01. The van der Waals surface area contributed by atoms with Gasteiger partial charge in [-0.25, -0.2) is 4.39 Å². The molecule has 1 N–H and O–H groups in total. The number of benzene rings is 1. The number of rotatable bonds is 4. The van der Waals surface area contributed by atoms with Crippen molar-refractivity contribution in [1.82, 2.24) is 5.32 Å². The van der Waals surface area contributed by atoms with E-state index in [0.29, 0.717) is 6.10 Å². The summed E-state index contributed by atoms with van der Waals surface area (Å²) in [6.45, 7) is 3.77. The van der Waals surface area contributed by atoms with Crippen LogP contribution in [0.15, 0.2) is 24.3 Å². The molecule has 1 unspecified atom stereocenters. The van der Waals surface area contributed by atoms with Crippen LogP contribution in [0.1, 0.15) is 31.4 Å². The number of ether oxygens (including phenoxy) is 1. The van der Waals surface area contributed by atoms with Crippen LogP contribution in [0.2, 0.25) is 0 Å². The van der Waals surface area contributed by atoms with E-state index in [-0.39, 0.29) is 11.9 Å². The molecule has 0 radical (unpaired) electrons. The normalized spacial score (nSPS) is 22.2. The Morgan fingerprint density at radius 2 is 2.44 bits per heavy atom. The maximum atomic E-state index is 13.0. The zero-order valence-electron chi connectivity index (χ0n) is 9.58. The third-order valence-electron chi connectivity index (χ3n) is 3.02. The first-order valence-electron chi connectivity index (χ1n) is 5.86. The van der Waals surface area contributed by atoms with Gasteiger partial charge in [0.15, 0.2) is 0 Å². The van der Waals surface area contributed by atoms with Gasteiger partial charge in [-0.15, -0.1) is 0 Å². The van der Waals surface area contributed by atoms with E-state index in [0.717, 1.165) is 31.6 Å². The molecule has 1 saturated heterocycles. The van der Waals surface area contributed by atoms with E-state index in [1.54, 1.807) is 12.1 Å². The molecular formula is C13H18FNO. The van der Waals surface area contributed by atoms with Crippen molar-refractivity contribution in [2.24, 2.45) is 0 Å². The van der Waals surface area contributed by atoms with E-state index in [1.165, 1.54) is 6.07 Å². The largest absolute Gasteiger partial charge is 0.377 e. The lowest BCUT2D eigenvalue weighted by atomic mass is 10.1. The Morgan fingerprint density at radius 1 is 1.56 bits per heavy atom. The predicted octanol–water partition coefficient (Wildman–Crippen LogP) is 2.66. The highest BCUT2D eigenvalue weighted by molar-refractivity contribution is 5.19. The third-order valence-corrected chi connectivity index (χ3v) is 3.02. The molecule has 1 fully saturated rings. The van der Waals surface area contributed by atoms with Crippen LogP contribution in [-0.2, 0) is 4.74 Å². The standard InChI is InChI=1S/C13H18FNO/c1-10(11-4-2-5-12(14)8-11)15-9-13-6-3-7-16-13/h2,4-5,8,10,13,15H,3,6-7,9H2,1H3/t10-,13?/m0/s1. The highest BCUT2D eigenvalue weighted by atomic mass is 19.1. The Hall–Kier alpha value is -0.930. The van der Waals surface area contributed by atoms with Gasteiger partial charge in [-0.3, -0.25) is 0 Å². The Morgan fingerprint density at radius 3 is 3.12 bits per heavy atom. The Labute approximate surface area is 95.8 Å². The molecule has 2 nitrogen and oxygen atoms in total. The lowest BCUT2D eigenvalue weighted by molar-refractivity contribution is 0.108. The molecule has 0 saturated carbocycles. The maximum absolute atomic E-state index is 13.0. The van der Waals surface area contributed by atoms with E-state index in [4.69, 9.17) is 4.74 Å². The summed E-state index contributed by atoms with van der Waals surface area (Å²) in [5.74, 6) is -0.178. The first-order valence-corrected chi connectivity index (χ1v) is 5.86. The van der Waals surface area contributed by atoms with Crippen LogP contribution in [0, 0.1) is 5.82 Å². The zero-order valence-corrected chi connectivity index (χ0v) is 9.58. The van der Waals surface area contributed by atoms with E-state index in [9.17, 15) is 4.39 Å². The summed E-state index contributed by atoms with van der Waals surface area (Å²) in [4.78, 5) is 0. The van der Waals surface area contributed by atoms with Gasteiger partial charge in [0.2, 0.25) is 0 Å². The SMILES string of the molecule is C[C@H](NCC1CCCO1)c1cccc(F)c1. The van der Waals surface area contributed by atoms with Crippen LogP contribution >= 0.6 is 0 Å². The van der Waals surface area contributed by atoms with Crippen LogP contribution in [0.25, 0.3) is 0 Å². The van der Waals surface area contributed by atoms with Crippen molar-refractivity contribution in [2.75, 3.05) is 13.2 Å². The van der Waals surface area contributed by atoms with Gasteiger partial charge in [-0.1, -0.05) is 12.1 Å². The Balaban J connectivity index is 1.85. The van der Waals surface area contributed by atoms with Crippen LogP contribution in [0.3, 0.4) is 0 Å². The number of halogens is 1. The van der Waals surface area contributed by atoms with E-state index < -0.39 is 0 Å². The molecule has 1 aromatic carbocycles. The van der Waals surface area contributed by atoms with Crippen LogP contribution < -0.4 is 5.32 Å². The van der Waals surface area contributed by atoms with Gasteiger partial charge in [0, 0.05) is 19.2 Å². The van der Waals surface area contributed by atoms with Gasteiger partial charge >= 0.3 is 0 Å². The van der Waals surface area contributed by atoms with Crippen LogP contribution in [0.5, 0.6) is 0 Å². The molecule has 88 valence electrons. The average molecular weight is 223 g/mol. The van der Waals surface area contributed by atoms with Gasteiger partial charge in [0.1, 0.15) is 5.82 Å². The maximum Gasteiger partial charge on any atom is 0.123 e. The quantitative estimate of drug-likeness (QED) is 0.847. The minimum atomic E-state index is -0.178. The van der Waals surface area contributed by atoms with Crippen LogP contribution in [0.4, 0.5) is 4.39 Å². The molecule has 0 amide bonds. The van der Waals surface area contributed by atoms with E-state index in [2.05, 4.69) is 5.32 Å². The van der Waals surface area contributed by atoms with Gasteiger partial charge in [0.25, 0.3) is 0 Å². The fourth-order valence-corrected chi connectivity index (χ4v) is 2.01. The second-order valence-corrected chi connectivity index (χ2v) is 4.32. The first-order chi connectivity index (χ1) is 7.75. The number of hydrogen-bond donors (Lipinski definition) is 1. The molecule has 0 bridgehead atoms. The van der Waals surface area contributed by atoms with Crippen molar-refractivity contribution < 1.29 is 9.13 Å².